The molecule has 0 aromatic heterocycles. The van der Waals surface area contributed by atoms with E-state index in [0.29, 0.717) is 19.1 Å². The number of ether oxygens (including phenoxy) is 1. The van der Waals surface area contributed by atoms with Crippen LogP contribution in [-0.2, 0) is 16.1 Å². The fraction of sp³-hybridized carbons (Fsp3) is 0.533. The van der Waals surface area contributed by atoms with Gasteiger partial charge in [-0.3, -0.25) is 4.79 Å². The molecule has 2 N–H and O–H groups in total. The first-order valence-electron chi connectivity index (χ1n) is 7.02. The van der Waals surface area contributed by atoms with Crippen molar-refractivity contribution in [1.82, 2.24) is 10.6 Å². The van der Waals surface area contributed by atoms with Gasteiger partial charge in [0.05, 0.1) is 12.0 Å². The maximum Gasteiger partial charge on any atom is 0.230 e. The molecule has 1 aromatic carbocycles. The lowest BCUT2D eigenvalue weighted by Gasteiger charge is -2.36. The Morgan fingerprint density at radius 2 is 2.25 bits per heavy atom. The monoisotopic (exact) mass is 338 g/mol. The van der Waals surface area contributed by atoms with Crippen molar-refractivity contribution in [3.05, 3.63) is 34.3 Å². The Morgan fingerprint density at radius 1 is 1.45 bits per heavy atom. The molecule has 0 unspecified atom stereocenters. The van der Waals surface area contributed by atoms with Gasteiger partial charge in [-0.15, -0.1) is 0 Å². The number of halogens is 1. The summed E-state index contributed by atoms with van der Waals surface area (Å²) >= 11 is 3.41. The Labute approximate surface area is 127 Å². The first-order chi connectivity index (χ1) is 9.71. The summed E-state index contributed by atoms with van der Waals surface area (Å²) in [5, 5.41) is 6.42. The number of hydrogen-bond acceptors (Lipinski definition) is 3. The zero-order valence-electron chi connectivity index (χ0n) is 11.3. The minimum absolute atomic E-state index is 0.120. The standard InChI is InChI=1S/C15H19BrN2O2/c16-13-3-1-11(2-4-13)7-18-14(19)15-9-17-8-12(15)5-6-20-10-15/h1-4,12,17H,5-10H2,(H,18,19)/t12-,15+/m1/s1. The molecule has 2 aliphatic heterocycles. The quantitative estimate of drug-likeness (QED) is 0.881. The van der Waals surface area contributed by atoms with E-state index in [-0.39, 0.29) is 11.3 Å². The molecule has 3 rings (SSSR count). The van der Waals surface area contributed by atoms with Crippen molar-refractivity contribution in [1.29, 1.82) is 0 Å². The normalized spacial score (nSPS) is 28.9. The van der Waals surface area contributed by atoms with Gasteiger partial charge in [0.15, 0.2) is 0 Å². The van der Waals surface area contributed by atoms with E-state index in [2.05, 4.69) is 26.6 Å². The number of carbonyl (C=O) groups is 1. The van der Waals surface area contributed by atoms with Gasteiger partial charge in [0.2, 0.25) is 5.91 Å². The molecule has 2 fully saturated rings. The molecule has 2 aliphatic rings. The molecule has 108 valence electrons. The predicted molar refractivity (Wildman–Crippen MR) is 80.2 cm³/mol. The van der Waals surface area contributed by atoms with E-state index >= 15 is 0 Å². The van der Waals surface area contributed by atoms with Crippen molar-refractivity contribution >= 4 is 21.8 Å². The van der Waals surface area contributed by atoms with Crippen molar-refractivity contribution in [3.63, 3.8) is 0 Å². The summed E-state index contributed by atoms with van der Waals surface area (Å²) in [6.07, 6.45) is 0.971. The molecular weight excluding hydrogens is 320 g/mol. The molecule has 2 atom stereocenters. The Kier molecular flexibility index (Phi) is 4.10. The highest BCUT2D eigenvalue weighted by Gasteiger charge is 2.50. The molecule has 0 saturated carbocycles. The molecule has 4 nitrogen and oxygen atoms in total. The zero-order valence-corrected chi connectivity index (χ0v) is 12.9. The maximum absolute atomic E-state index is 12.6. The average molecular weight is 339 g/mol. The van der Waals surface area contributed by atoms with Gasteiger partial charge < -0.3 is 15.4 Å². The van der Waals surface area contributed by atoms with Crippen molar-refractivity contribution in [2.45, 2.75) is 13.0 Å². The molecule has 5 heteroatoms. The van der Waals surface area contributed by atoms with Gasteiger partial charge in [0.1, 0.15) is 0 Å². The van der Waals surface area contributed by atoms with Crippen LogP contribution >= 0.6 is 15.9 Å². The van der Waals surface area contributed by atoms with Crippen LogP contribution in [0.5, 0.6) is 0 Å². The fourth-order valence-corrected chi connectivity index (χ4v) is 3.39. The van der Waals surface area contributed by atoms with E-state index in [9.17, 15) is 4.79 Å². The fourth-order valence-electron chi connectivity index (χ4n) is 3.13. The van der Waals surface area contributed by atoms with Crippen LogP contribution in [0.1, 0.15) is 12.0 Å². The second kappa shape index (κ2) is 5.84. The van der Waals surface area contributed by atoms with E-state index in [1.165, 1.54) is 0 Å². The number of benzene rings is 1. The molecular formula is C15H19BrN2O2. The van der Waals surface area contributed by atoms with Gasteiger partial charge in [-0.05, 0) is 36.6 Å². The molecule has 0 radical (unpaired) electrons. The van der Waals surface area contributed by atoms with Gasteiger partial charge in [0, 0.05) is 24.2 Å². The van der Waals surface area contributed by atoms with E-state index < -0.39 is 0 Å². The number of amides is 1. The molecule has 2 heterocycles. The van der Waals surface area contributed by atoms with Crippen LogP contribution in [0.4, 0.5) is 0 Å². The number of fused-ring (bicyclic) bond motifs is 1. The van der Waals surface area contributed by atoms with Crippen molar-refractivity contribution in [3.8, 4) is 0 Å². The van der Waals surface area contributed by atoms with Gasteiger partial charge >= 0.3 is 0 Å². The SMILES string of the molecule is O=C(NCc1ccc(Br)cc1)[C@]12CNC[C@H]1CCOC2. The molecule has 0 bridgehead atoms. The Bertz CT molecular complexity index is 491. The highest BCUT2D eigenvalue weighted by atomic mass is 79.9. The van der Waals surface area contributed by atoms with Crippen LogP contribution in [-0.4, -0.2) is 32.2 Å². The van der Waals surface area contributed by atoms with Crippen LogP contribution in [0.3, 0.4) is 0 Å². The third-order valence-corrected chi connectivity index (χ3v) is 4.93. The number of carbonyl (C=O) groups excluding carboxylic acids is 1. The smallest absolute Gasteiger partial charge is 0.230 e. The topological polar surface area (TPSA) is 50.4 Å². The number of hydrogen-bond donors (Lipinski definition) is 2. The third-order valence-electron chi connectivity index (χ3n) is 4.40. The number of rotatable bonds is 3. The lowest BCUT2D eigenvalue weighted by atomic mass is 9.75. The number of nitrogens with one attached hydrogen (secondary N) is 2. The molecule has 1 amide bonds. The predicted octanol–water partition coefficient (Wildman–Crippen LogP) is 1.69. The third kappa shape index (κ3) is 2.62. The zero-order chi connectivity index (χ0) is 14.0. The van der Waals surface area contributed by atoms with Crippen LogP contribution in [0, 0.1) is 11.3 Å². The van der Waals surface area contributed by atoms with Gasteiger partial charge in [-0.25, -0.2) is 0 Å². The van der Waals surface area contributed by atoms with Crippen molar-refractivity contribution < 1.29 is 9.53 Å². The lowest BCUT2D eigenvalue weighted by molar-refractivity contribution is -0.141. The van der Waals surface area contributed by atoms with Crippen molar-refractivity contribution in [2.75, 3.05) is 26.3 Å². The summed E-state index contributed by atoms with van der Waals surface area (Å²) in [6.45, 7) is 3.53. The van der Waals surface area contributed by atoms with Crippen LogP contribution < -0.4 is 10.6 Å². The molecule has 2 saturated heterocycles. The highest BCUT2D eigenvalue weighted by Crippen LogP contribution is 2.37. The highest BCUT2D eigenvalue weighted by molar-refractivity contribution is 9.10. The van der Waals surface area contributed by atoms with E-state index in [1.807, 2.05) is 24.3 Å². The first-order valence-corrected chi connectivity index (χ1v) is 7.81. The van der Waals surface area contributed by atoms with Crippen LogP contribution in [0.15, 0.2) is 28.7 Å². The molecule has 1 aromatic rings. The van der Waals surface area contributed by atoms with Gasteiger partial charge in [-0.1, -0.05) is 28.1 Å². The van der Waals surface area contributed by atoms with E-state index in [0.717, 1.165) is 36.2 Å². The van der Waals surface area contributed by atoms with E-state index in [4.69, 9.17) is 4.74 Å². The van der Waals surface area contributed by atoms with Gasteiger partial charge in [-0.2, -0.15) is 0 Å². The molecule has 0 spiro atoms. The summed E-state index contributed by atoms with van der Waals surface area (Å²) in [4.78, 5) is 12.6. The summed E-state index contributed by atoms with van der Waals surface area (Å²) < 4.78 is 6.62. The Hall–Kier alpha value is -0.910. The molecule has 0 aliphatic carbocycles. The maximum atomic E-state index is 12.6. The van der Waals surface area contributed by atoms with Crippen LogP contribution in [0.2, 0.25) is 0 Å². The second-order valence-electron chi connectivity index (χ2n) is 5.63. The Morgan fingerprint density at radius 3 is 3.05 bits per heavy atom. The largest absolute Gasteiger partial charge is 0.380 e. The van der Waals surface area contributed by atoms with E-state index in [1.54, 1.807) is 0 Å². The summed E-state index contributed by atoms with van der Waals surface area (Å²) in [5.74, 6) is 0.524. The first kappa shape index (κ1) is 14.0. The second-order valence-corrected chi connectivity index (χ2v) is 6.55. The van der Waals surface area contributed by atoms with Gasteiger partial charge in [0.25, 0.3) is 0 Å². The summed E-state index contributed by atoms with van der Waals surface area (Å²) in [7, 11) is 0. The summed E-state index contributed by atoms with van der Waals surface area (Å²) in [5.41, 5.74) is 0.741. The van der Waals surface area contributed by atoms with Crippen LogP contribution in [0.25, 0.3) is 0 Å². The average Bonchev–Trinajstić information content (AvgIpc) is 2.91. The minimum Gasteiger partial charge on any atom is -0.380 e. The molecule has 20 heavy (non-hydrogen) atoms. The Balaban J connectivity index is 1.65. The minimum atomic E-state index is -0.367. The van der Waals surface area contributed by atoms with Crippen molar-refractivity contribution in [2.24, 2.45) is 11.3 Å². The summed E-state index contributed by atoms with van der Waals surface area (Å²) in [6, 6.07) is 8.01. The lowest BCUT2D eigenvalue weighted by Crippen LogP contribution is -2.51.